The fraction of sp³-hybridized carbons (Fsp3) is 0.455. The number of hydrogen-bond acceptors (Lipinski definition) is 5. The first-order chi connectivity index (χ1) is 28.4. The molecular formula is C44H77O5P9. The summed E-state index contributed by atoms with van der Waals surface area (Å²) < 4.78 is 27.6. The molecule has 0 saturated heterocycles. The normalized spacial score (nSPS) is 15.8. The van der Waals surface area contributed by atoms with Crippen LogP contribution in [0.3, 0.4) is 0 Å². The topological polar surface area (TPSA) is 46.2 Å². The van der Waals surface area contributed by atoms with E-state index < -0.39 is 7.53 Å². The smallest absolute Gasteiger partial charge is 0.0836 e. The van der Waals surface area contributed by atoms with E-state index in [4.69, 9.17) is 22.6 Å². The van der Waals surface area contributed by atoms with Gasteiger partial charge in [-0.25, -0.2) is 0 Å². The summed E-state index contributed by atoms with van der Waals surface area (Å²) in [5, 5.41) is 0. The van der Waals surface area contributed by atoms with E-state index in [0.29, 0.717) is 17.0 Å². The van der Waals surface area contributed by atoms with Gasteiger partial charge in [-0.05, 0) is 64.2 Å². The Morgan fingerprint density at radius 3 is 1.19 bits per heavy atom. The van der Waals surface area contributed by atoms with Crippen LogP contribution in [0.25, 0.3) is 0 Å². The highest BCUT2D eigenvalue weighted by Gasteiger charge is 2.02. The van der Waals surface area contributed by atoms with Crippen molar-refractivity contribution < 1.29 is 22.6 Å². The average molecular weight is 965 g/mol. The van der Waals surface area contributed by atoms with Crippen molar-refractivity contribution >= 4 is 79.2 Å². The van der Waals surface area contributed by atoms with E-state index in [2.05, 4.69) is 221 Å². The van der Waals surface area contributed by atoms with E-state index in [0.717, 1.165) is 83.7 Å². The first-order valence-corrected chi connectivity index (χ1v) is 31.1. The van der Waals surface area contributed by atoms with Crippen molar-refractivity contribution in [1.82, 2.24) is 0 Å². The van der Waals surface area contributed by atoms with Gasteiger partial charge in [-0.15, -0.1) is 0 Å². The molecule has 0 rings (SSSR count). The maximum absolute atomic E-state index is 5.76. The first kappa shape index (κ1) is 60.6. The quantitative estimate of drug-likeness (QED) is 0.0274. The van der Waals surface area contributed by atoms with Crippen LogP contribution >= 0.6 is 79.2 Å². The lowest BCUT2D eigenvalue weighted by molar-refractivity contribution is 0.279. The zero-order valence-corrected chi connectivity index (χ0v) is 45.1. The van der Waals surface area contributed by atoms with Crippen LogP contribution < -0.4 is 0 Å². The highest BCUT2D eigenvalue weighted by molar-refractivity contribution is 8.41. The molecule has 0 bridgehead atoms. The van der Waals surface area contributed by atoms with Crippen LogP contribution in [-0.4, -0.2) is 31.0 Å². The summed E-state index contributed by atoms with van der Waals surface area (Å²) >= 11 is 0. The second kappa shape index (κ2) is 51.9. The summed E-state index contributed by atoms with van der Waals surface area (Å²) in [5.41, 5.74) is 0. The lowest BCUT2D eigenvalue weighted by Crippen LogP contribution is -2.01. The average Bonchev–Trinajstić information content (AvgIpc) is 3.22. The highest BCUT2D eigenvalue weighted by Crippen LogP contribution is 2.53. The Morgan fingerprint density at radius 1 is 0.483 bits per heavy atom. The van der Waals surface area contributed by atoms with Gasteiger partial charge in [0, 0.05) is 35.9 Å². The Kier molecular flexibility index (Phi) is 54.3. The Balaban J connectivity index is 0. The van der Waals surface area contributed by atoms with Crippen molar-refractivity contribution in [2.24, 2.45) is 0 Å². The monoisotopic (exact) mass is 964 g/mol. The minimum atomic E-state index is -0.425. The minimum Gasteiger partial charge on any atom is -0.358 e. The van der Waals surface area contributed by atoms with E-state index in [1.54, 1.807) is 0 Å². The second-order valence-corrected chi connectivity index (χ2v) is 21.1. The van der Waals surface area contributed by atoms with E-state index in [9.17, 15) is 0 Å². The van der Waals surface area contributed by atoms with Crippen molar-refractivity contribution in [2.75, 3.05) is 6.61 Å². The van der Waals surface area contributed by atoms with Gasteiger partial charge >= 0.3 is 0 Å². The van der Waals surface area contributed by atoms with E-state index in [-0.39, 0.29) is 24.4 Å². The van der Waals surface area contributed by atoms with E-state index >= 15 is 0 Å². The molecule has 14 heteroatoms. The minimum absolute atomic E-state index is 0.112. The lowest BCUT2D eigenvalue weighted by Gasteiger charge is -2.09. The molecule has 0 aromatic heterocycles. The molecule has 0 heterocycles. The molecular weight excluding hydrogens is 887 g/mol. The molecule has 12 atom stereocenters. The van der Waals surface area contributed by atoms with Crippen LogP contribution in [0.5, 0.6) is 0 Å². The van der Waals surface area contributed by atoms with E-state index in [1.165, 1.54) is 0 Å². The number of rotatable bonds is 35. The molecule has 58 heavy (non-hydrogen) atoms. The highest BCUT2D eigenvalue weighted by atomic mass is 32.4. The standard InChI is InChI=1S/C22H40O3P6.C22H37O2P3/c1-2-16-21(24-26)17-12-9-7-5-3-4-6-8-10-13-18-22(25-30-27)19-14-11-15-20-23-31(28)29;1-3-5-14-19-22(24-27-26)20-16-13-11-9-7-6-8-10-12-15-18-21(23-25)17-4-2/h3-4,7-14,17-18,21-22,30H,2,5-6,15-16,19-20,26-29H2,1H3;5-7,10-16,18,20-22,27H,3-4,8-9,17,19,25-26H2,1-2H3/b4-3-,9-7-,10-8-,14-11-,17-12+,18-13+;7-6-,12-10-,13-11-,14-5-,18-15+,20-16+. The zero-order chi connectivity index (χ0) is 43.0. The lowest BCUT2D eigenvalue weighted by atomic mass is 10.2. The predicted molar refractivity (Wildman–Crippen MR) is 289 cm³/mol. The summed E-state index contributed by atoms with van der Waals surface area (Å²) in [5.74, 6) is 0. The Labute approximate surface area is 374 Å². The van der Waals surface area contributed by atoms with Crippen LogP contribution in [0.4, 0.5) is 0 Å². The summed E-state index contributed by atoms with van der Waals surface area (Å²) in [6.07, 6.45) is 63.6. The maximum Gasteiger partial charge on any atom is 0.0836 e. The molecule has 328 valence electrons. The third-order valence-electron chi connectivity index (χ3n) is 7.48. The van der Waals surface area contributed by atoms with Crippen LogP contribution in [0, 0.1) is 0 Å². The number of hydrogen-bond donors (Lipinski definition) is 0. The van der Waals surface area contributed by atoms with Crippen LogP contribution in [0.1, 0.15) is 97.8 Å². The fourth-order valence-corrected chi connectivity index (χ4v) is 7.70. The summed E-state index contributed by atoms with van der Waals surface area (Å²) in [7, 11) is 15.7. The predicted octanol–water partition coefficient (Wildman–Crippen LogP) is 16.3. The van der Waals surface area contributed by atoms with Crippen molar-refractivity contribution in [3.05, 3.63) is 146 Å². The van der Waals surface area contributed by atoms with Gasteiger partial charge < -0.3 is 22.6 Å². The third-order valence-corrected chi connectivity index (χ3v) is 11.2. The molecule has 0 aromatic carbocycles. The molecule has 0 saturated carbocycles. The van der Waals surface area contributed by atoms with Gasteiger partial charge in [-0.2, -0.15) is 0 Å². The number of allylic oxidation sites excluding steroid dienone is 17. The fourth-order valence-electron chi connectivity index (χ4n) is 4.55. The summed E-state index contributed by atoms with van der Waals surface area (Å²) in [4.78, 5) is 0. The van der Waals surface area contributed by atoms with Gasteiger partial charge in [-0.3, -0.25) is 0 Å². The van der Waals surface area contributed by atoms with Gasteiger partial charge in [0.2, 0.25) is 0 Å². The third kappa shape index (κ3) is 47.6. The van der Waals surface area contributed by atoms with Gasteiger partial charge in [0.25, 0.3) is 0 Å². The maximum atomic E-state index is 5.76. The molecule has 0 aliphatic rings. The molecule has 0 aliphatic carbocycles. The summed E-state index contributed by atoms with van der Waals surface area (Å²) in [6.45, 7) is 7.23. The molecule has 5 nitrogen and oxygen atoms in total. The molecule has 0 radical (unpaired) electrons. The van der Waals surface area contributed by atoms with Gasteiger partial charge in [0.05, 0.1) is 38.5 Å². The zero-order valence-electron chi connectivity index (χ0n) is 35.3. The molecule has 0 spiro atoms. The van der Waals surface area contributed by atoms with Crippen LogP contribution in [0.2, 0.25) is 0 Å². The first-order valence-electron chi connectivity index (χ1n) is 20.2. The molecule has 12 unspecified atom stereocenters. The van der Waals surface area contributed by atoms with E-state index in [1.807, 2.05) is 0 Å². The van der Waals surface area contributed by atoms with Crippen LogP contribution in [-0.2, 0) is 22.6 Å². The Hall–Kier alpha value is 0.550. The second-order valence-electron chi connectivity index (χ2n) is 12.4. The van der Waals surface area contributed by atoms with Crippen molar-refractivity contribution in [3.8, 4) is 0 Å². The molecule has 0 amide bonds. The molecule has 0 aromatic rings. The van der Waals surface area contributed by atoms with Crippen molar-refractivity contribution in [3.63, 3.8) is 0 Å². The van der Waals surface area contributed by atoms with Gasteiger partial charge in [0.15, 0.2) is 0 Å². The van der Waals surface area contributed by atoms with Crippen molar-refractivity contribution in [1.29, 1.82) is 0 Å². The molecule has 0 N–H and O–H groups in total. The Bertz CT molecular complexity index is 1260. The summed E-state index contributed by atoms with van der Waals surface area (Å²) in [6, 6.07) is 0. The van der Waals surface area contributed by atoms with Crippen molar-refractivity contribution in [2.45, 2.75) is 122 Å². The van der Waals surface area contributed by atoms with Gasteiger partial charge in [0.1, 0.15) is 0 Å². The Morgan fingerprint density at radius 2 is 0.862 bits per heavy atom. The molecule has 0 fully saturated rings. The van der Waals surface area contributed by atoms with Crippen LogP contribution in [0.15, 0.2) is 146 Å². The largest absolute Gasteiger partial charge is 0.358 e. The SMILES string of the molecule is CC/C=C\CC(/C=C/C=C\C/C=C\C/C=C\C=C\C(CCC)OP)OPP.CCCC(/C=C/C=C\C/C=C\C/C=C\C=C\C(C/C=C\CCOP(P)P)OPP)OP. The molecule has 0 aliphatic heterocycles. The van der Waals surface area contributed by atoms with Gasteiger partial charge in [-0.1, -0.05) is 215 Å².